The maximum atomic E-state index is 13.0. The number of urea groups is 1. The molecule has 1 aliphatic heterocycles. The van der Waals surface area contributed by atoms with Crippen molar-refractivity contribution in [3.05, 3.63) is 42.1 Å². The highest BCUT2D eigenvalue weighted by Crippen LogP contribution is 2.33. The Kier molecular flexibility index (Phi) is 6.04. The summed E-state index contributed by atoms with van der Waals surface area (Å²) in [6.45, 7) is 7.29. The summed E-state index contributed by atoms with van der Waals surface area (Å²) in [5.41, 5.74) is 1.14. The monoisotopic (exact) mass is 370 g/mol. The second kappa shape index (κ2) is 8.46. The number of nitrogens with one attached hydrogen (secondary N) is 1. The number of anilines is 1. The number of aromatic nitrogens is 2. The molecule has 2 amide bonds. The first-order chi connectivity index (χ1) is 13.0. The van der Waals surface area contributed by atoms with Gasteiger partial charge in [-0.25, -0.2) is 9.48 Å². The zero-order chi connectivity index (χ0) is 19.4. The van der Waals surface area contributed by atoms with Crippen LogP contribution in [0.2, 0.25) is 0 Å². The number of hydrogen-bond acceptors (Lipinski definition) is 3. The summed E-state index contributed by atoms with van der Waals surface area (Å²) < 4.78 is 7.15. The van der Waals surface area contributed by atoms with Crippen molar-refractivity contribution in [1.82, 2.24) is 14.7 Å². The van der Waals surface area contributed by atoms with Crippen LogP contribution in [0.1, 0.15) is 57.7 Å². The minimum Gasteiger partial charge on any atom is -0.497 e. The molecule has 2 atom stereocenters. The van der Waals surface area contributed by atoms with E-state index in [1.165, 1.54) is 0 Å². The van der Waals surface area contributed by atoms with Crippen molar-refractivity contribution >= 4 is 11.8 Å². The Hall–Kier alpha value is -2.50. The third-order valence-corrected chi connectivity index (χ3v) is 5.15. The number of likely N-dealkylation sites (tertiary alicyclic amines) is 1. The minimum absolute atomic E-state index is 0.0631. The molecule has 0 spiro atoms. The first-order valence-electron chi connectivity index (χ1n) is 9.74. The number of benzene rings is 1. The quantitative estimate of drug-likeness (QED) is 0.789. The van der Waals surface area contributed by atoms with Gasteiger partial charge in [0.1, 0.15) is 11.6 Å². The van der Waals surface area contributed by atoms with Crippen molar-refractivity contribution in [2.24, 2.45) is 5.92 Å². The van der Waals surface area contributed by atoms with Crippen LogP contribution >= 0.6 is 0 Å². The number of carbonyl (C=O) groups excluding carboxylic acids is 1. The molecule has 0 saturated carbocycles. The van der Waals surface area contributed by atoms with Gasteiger partial charge in [0.2, 0.25) is 0 Å². The van der Waals surface area contributed by atoms with E-state index in [9.17, 15) is 4.79 Å². The molecule has 1 N–H and O–H groups in total. The summed E-state index contributed by atoms with van der Waals surface area (Å²) in [6, 6.07) is 10.1. The van der Waals surface area contributed by atoms with Crippen molar-refractivity contribution in [3.8, 4) is 5.75 Å². The van der Waals surface area contributed by atoms with Gasteiger partial charge < -0.3 is 9.64 Å². The summed E-state index contributed by atoms with van der Waals surface area (Å²) in [6.07, 6.45) is 4.75. The fraction of sp³-hybridized carbons (Fsp3) is 0.524. The summed E-state index contributed by atoms with van der Waals surface area (Å²) in [7, 11) is 1.66. The van der Waals surface area contributed by atoms with Gasteiger partial charge in [0.25, 0.3) is 0 Å². The molecule has 1 saturated heterocycles. The van der Waals surface area contributed by atoms with E-state index in [1.54, 1.807) is 13.3 Å². The molecule has 1 fully saturated rings. The number of methoxy groups -OCH3 is 1. The molecule has 1 aliphatic rings. The molecule has 27 heavy (non-hydrogen) atoms. The van der Waals surface area contributed by atoms with Gasteiger partial charge in [-0.15, -0.1) is 0 Å². The highest BCUT2D eigenvalue weighted by atomic mass is 16.5. The SMILES string of the molecule is COc1ccc([C@@H]2CCCN2C(=O)Nc2ccnn2[C@@H](C)CC(C)C)cc1. The third kappa shape index (κ3) is 4.43. The first-order valence-corrected chi connectivity index (χ1v) is 9.74. The predicted molar refractivity (Wildman–Crippen MR) is 107 cm³/mol. The van der Waals surface area contributed by atoms with Crippen molar-refractivity contribution < 1.29 is 9.53 Å². The molecule has 0 aliphatic carbocycles. The van der Waals surface area contributed by atoms with E-state index >= 15 is 0 Å². The molecule has 3 rings (SSSR count). The Labute approximate surface area is 161 Å². The molecule has 1 aromatic heterocycles. The van der Waals surface area contributed by atoms with Crippen LogP contribution in [0, 0.1) is 5.92 Å². The number of carbonyl (C=O) groups is 1. The summed E-state index contributed by atoms with van der Waals surface area (Å²) in [5.74, 6) is 2.16. The lowest BCUT2D eigenvalue weighted by Gasteiger charge is -2.26. The van der Waals surface area contributed by atoms with Crippen LogP contribution in [0.3, 0.4) is 0 Å². The van der Waals surface area contributed by atoms with Crippen LogP contribution in [0.5, 0.6) is 5.75 Å². The van der Waals surface area contributed by atoms with E-state index in [0.717, 1.165) is 42.9 Å². The lowest BCUT2D eigenvalue weighted by molar-refractivity contribution is 0.206. The zero-order valence-corrected chi connectivity index (χ0v) is 16.7. The first kappa shape index (κ1) is 19.3. The molecule has 6 nitrogen and oxygen atoms in total. The molecule has 6 heteroatoms. The predicted octanol–water partition coefficient (Wildman–Crippen LogP) is 4.87. The smallest absolute Gasteiger partial charge is 0.323 e. The van der Waals surface area contributed by atoms with Crippen molar-refractivity contribution in [3.63, 3.8) is 0 Å². The maximum Gasteiger partial charge on any atom is 0.323 e. The van der Waals surface area contributed by atoms with Gasteiger partial charge >= 0.3 is 6.03 Å². The lowest BCUT2D eigenvalue weighted by atomic mass is 10.0. The van der Waals surface area contributed by atoms with Gasteiger partial charge in [0, 0.05) is 12.6 Å². The molecule has 2 aromatic rings. The molecular weight excluding hydrogens is 340 g/mol. The number of nitrogens with zero attached hydrogens (tertiary/aromatic N) is 3. The van der Waals surface area contributed by atoms with Crippen LogP contribution in [0.25, 0.3) is 0 Å². The Morgan fingerprint density at radius 3 is 2.67 bits per heavy atom. The Bertz CT molecular complexity index is 754. The van der Waals surface area contributed by atoms with E-state index in [0.29, 0.717) is 5.92 Å². The average Bonchev–Trinajstić information content (AvgIpc) is 3.30. The molecule has 0 radical (unpaired) electrons. The van der Waals surface area contributed by atoms with Gasteiger partial charge in [-0.05, 0) is 49.8 Å². The Balaban J connectivity index is 1.71. The Morgan fingerprint density at radius 1 is 1.26 bits per heavy atom. The maximum absolute atomic E-state index is 13.0. The molecule has 0 bridgehead atoms. The molecule has 2 heterocycles. The van der Waals surface area contributed by atoms with Crippen LogP contribution in [0.15, 0.2) is 36.5 Å². The van der Waals surface area contributed by atoms with E-state index in [-0.39, 0.29) is 18.1 Å². The largest absolute Gasteiger partial charge is 0.497 e. The van der Waals surface area contributed by atoms with Gasteiger partial charge in [0.15, 0.2) is 0 Å². The highest BCUT2D eigenvalue weighted by Gasteiger charge is 2.30. The number of hydrogen-bond donors (Lipinski definition) is 1. The summed E-state index contributed by atoms with van der Waals surface area (Å²) in [4.78, 5) is 14.9. The van der Waals surface area contributed by atoms with Crippen molar-refractivity contribution in [2.75, 3.05) is 19.0 Å². The van der Waals surface area contributed by atoms with Crippen LogP contribution < -0.4 is 10.1 Å². The number of rotatable bonds is 6. The topological polar surface area (TPSA) is 59.4 Å². The lowest BCUT2D eigenvalue weighted by Crippen LogP contribution is -2.35. The fourth-order valence-electron chi connectivity index (χ4n) is 3.91. The van der Waals surface area contributed by atoms with Crippen molar-refractivity contribution in [1.29, 1.82) is 0 Å². The molecular formula is C21H30N4O2. The summed E-state index contributed by atoms with van der Waals surface area (Å²) >= 11 is 0. The second-order valence-electron chi connectivity index (χ2n) is 7.69. The Morgan fingerprint density at radius 2 is 2.00 bits per heavy atom. The third-order valence-electron chi connectivity index (χ3n) is 5.15. The standard InChI is InChI=1S/C21H30N4O2/c1-15(2)14-16(3)25-20(11-12-22-25)23-21(26)24-13-5-6-19(24)17-7-9-18(27-4)10-8-17/h7-12,15-16,19H,5-6,13-14H2,1-4H3,(H,23,26)/t16-,19-/m0/s1. The second-order valence-corrected chi connectivity index (χ2v) is 7.69. The average molecular weight is 370 g/mol. The fourth-order valence-corrected chi connectivity index (χ4v) is 3.91. The molecule has 146 valence electrons. The number of ether oxygens (including phenoxy) is 1. The summed E-state index contributed by atoms with van der Waals surface area (Å²) in [5, 5.41) is 7.49. The number of amides is 2. The van der Waals surface area contributed by atoms with Gasteiger partial charge in [-0.1, -0.05) is 26.0 Å². The van der Waals surface area contributed by atoms with Gasteiger partial charge in [-0.2, -0.15) is 5.10 Å². The van der Waals surface area contributed by atoms with E-state index < -0.39 is 0 Å². The van der Waals surface area contributed by atoms with Gasteiger partial charge in [-0.3, -0.25) is 5.32 Å². The normalized spacial score (nSPS) is 18.0. The van der Waals surface area contributed by atoms with Gasteiger partial charge in [0.05, 0.1) is 25.4 Å². The van der Waals surface area contributed by atoms with Crippen LogP contribution in [-0.4, -0.2) is 34.4 Å². The molecule has 0 unspecified atom stereocenters. The van der Waals surface area contributed by atoms with Crippen molar-refractivity contribution in [2.45, 2.75) is 52.1 Å². The van der Waals surface area contributed by atoms with Crippen LogP contribution in [-0.2, 0) is 0 Å². The molecule has 1 aromatic carbocycles. The minimum atomic E-state index is -0.0631. The zero-order valence-electron chi connectivity index (χ0n) is 16.7. The highest BCUT2D eigenvalue weighted by molar-refractivity contribution is 5.89. The van der Waals surface area contributed by atoms with E-state index in [2.05, 4.69) is 31.2 Å². The van der Waals surface area contributed by atoms with E-state index in [1.807, 2.05) is 39.9 Å². The van der Waals surface area contributed by atoms with E-state index in [4.69, 9.17) is 4.74 Å². The van der Waals surface area contributed by atoms with Crippen LogP contribution in [0.4, 0.5) is 10.6 Å².